The van der Waals surface area contributed by atoms with Gasteiger partial charge in [0.05, 0.1) is 23.9 Å². The molecule has 2 atom stereocenters. The van der Waals surface area contributed by atoms with E-state index >= 15 is 0 Å². The lowest BCUT2D eigenvalue weighted by molar-refractivity contribution is 0.0120. The van der Waals surface area contributed by atoms with Gasteiger partial charge in [0.1, 0.15) is 0 Å². The molecular weight excluding hydrogens is 294 g/mol. The first-order valence-corrected chi connectivity index (χ1v) is 8.75. The Morgan fingerprint density at radius 3 is 3.23 bits per heavy atom. The summed E-state index contributed by atoms with van der Waals surface area (Å²) in [6.07, 6.45) is 5.91. The van der Waals surface area contributed by atoms with E-state index in [-0.39, 0.29) is 5.60 Å². The molecule has 22 heavy (non-hydrogen) atoms. The molecule has 5 heteroatoms. The molecule has 116 valence electrons. The van der Waals surface area contributed by atoms with Gasteiger partial charge in [-0.3, -0.25) is 9.88 Å². The molecule has 0 radical (unpaired) electrons. The van der Waals surface area contributed by atoms with E-state index in [0.29, 0.717) is 6.04 Å². The van der Waals surface area contributed by atoms with Crippen molar-refractivity contribution in [2.75, 3.05) is 25.0 Å². The topological polar surface area (TPSA) is 37.4 Å². The van der Waals surface area contributed by atoms with E-state index in [9.17, 15) is 0 Å². The third-order valence-corrected chi connectivity index (χ3v) is 5.46. The first-order chi connectivity index (χ1) is 10.8. The van der Waals surface area contributed by atoms with E-state index in [1.165, 1.54) is 4.88 Å². The number of aromatic nitrogens is 1. The van der Waals surface area contributed by atoms with Gasteiger partial charge in [0.15, 0.2) is 0 Å². The van der Waals surface area contributed by atoms with Gasteiger partial charge >= 0.3 is 0 Å². The molecule has 0 bridgehead atoms. The van der Waals surface area contributed by atoms with Crippen LogP contribution in [0.3, 0.4) is 0 Å². The molecule has 2 fully saturated rings. The maximum atomic E-state index is 6.21. The number of thiophene rings is 1. The molecule has 2 aliphatic rings. The van der Waals surface area contributed by atoms with Gasteiger partial charge in [-0.15, -0.1) is 11.3 Å². The maximum absolute atomic E-state index is 6.21. The highest BCUT2D eigenvalue weighted by Gasteiger charge is 2.45. The Bertz CT molecular complexity index is 604. The maximum Gasteiger partial charge on any atom is 0.0842 e. The number of anilines is 1. The zero-order valence-corrected chi connectivity index (χ0v) is 13.4. The van der Waals surface area contributed by atoms with Crippen LogP contribution in [-0.2, 0) is 11.3 Å². The van der Waals surface area contributed by atoms with Crippen molar-refractivity contribution in [3.63, 3.8) is 0 Å². The summed E-state index contributed by atoms with van der Waals surface area (Å²) in [5.41, 5.74) is 1.14. The summed E-state index contributed by atoms with van der Waals surface area (Å²) < 4.78 is 6.21. The van der Waals surface area contributed by atoms with Gasteiger partial charge in [-0.25, -0.2) is 0 Å². The molecule has 4 rings (SSSR count). The molecule has 2 aromatic heterocycles. The summed E-state index contributed by atoms with van der Waals surface area (Å²) in [5.74, 6) is 0. The van der Waals surface area contributed by atoms with Crippen molar-refractivity contribution in [2.24, 2.45) is 0 Å². The van der Waals surface area contributed by atoms with Gasteiger partial charge in [0, 0.05) is 43.3 Å². The van der Waals surface area contributed by atoms with Crippen molar-refractivity contribution >= 4 is 17.0 Å². The lowest BCUT2D eigenvalue weighted by Gasteiger charge is -2.23. The third kappa shape index (κ3) is 3.02. The molecular formula is C17H21N3OS. The van der Waals surface area contributed by atoms with Crippen LogP contribution in [-0.4, -0.2) is 41.2 Å². The van der Waals surface area contributed by atoms with Gasteiger partial charge in [-0.2, -0.15) is 0 Å². The third-order valence-electron chi connectivity index (χ3n) is 4.60. The van der Waals surface area contributed by atoms with Crippen LogP contribution in [0.1, 0.15) is 17.7 Å². The van der Waals surface area contributed by atoms with Gasteiger partial charge in [0.25, 0.3) is 0 Å². The lowest BCUT2D eigenvalue weighted by atomic mass is 9.97. The lowest BCUT2D eigenvalue weighted by Crippen LogP contribution is -2.33. The second kappa shape index (κ2) is 5.99. The second-order valence-corrected chi connectivity index (χ2v) is 7.35. The minimum Gasteiger partial charge on any atom is -0.379 e. The second-order valence-electron chi connectivity index (χ2n) is 6.32. The monoisotopic (exact) mass is 315 g/mol. The SMILES string of the molecule is c1cncc(N[C@@H]2CO[C@@]3(CCN(Cc4cccs4)C3)C2)c1. The van der Waals surface area contributed by atoms with Crippen molar-refractivity contribution in [3.05, 3.63) is 46.9 Å². The van der Waals surface area contributed by atoms with Gasteiger partial charge < -0.3 is 10.1 Å². The van der Waals surface area contributed by atoms with Crippen LogP contribution in [0.2, 0.25) is 0 Å². The molecule has 2 saturated heterocycles. The standard InChI is InChI=1S/C17H21N3OS/c1-3-14(10-18-6-1)19-15-9-17(21-12-15)5-7-20(13-17)11-16-4-2-8-22-16/h1-4,6,8,10,15,19H,5,7,9,11-13H2/t15-,17-/m0/s1. The number of rotatable bonds is 4. The summed E-state index contributed by atoms with van der Waals surface area (Å²) >= 11 is 1.84. The first kappa shape index (κ1) is 14.2. The van der Waals surface area contributed by atoms with Crippen LogP contribution in [0.5, 0.6) is 0 Å². The fraction of sp³-hybridized carbons (Fsp3) is 0.471. The number of pyridine rings is 1. The van der Waals surface area contributed by atoms with Crippen LogP contribution >= 0.6 is 11.3 Å². The average Bonchev–Trinajstić information content (AvgIpc) is 3.25. The molecule has 4 nitrogen and oxygen atoms in total. The summed E-state index contributed by atoms with van der Waals surface area (Å²) in [4.78, 5) is 8.13. The Balaban J connectivity index is 1.34. The van der Waals surface area contributed by atoms with E-state index in [0.717, 1.165) is 44.8 Å². The van der Waals surface area contributed by atoms with E-state index in [2.05, 4.69) is 38.8 Å². The summed E-state index contributed by atoms with van der Waals surface area (Å²) in [5, 5.41) is 5.70. The average molecular weight is 315 g/mol. The Morgan fingerprint density at radius 2 is 2.41 bits per heavy atom. The summed E-state index contributed by atoms with van der Waals surface area (Å²) in [7, 11) is 0. The molecule has 0 aliphatic carbocycles. The highest BCUT2D eigenvalue weighted by Crippen LogP contribution is 2.36. The quantitative estimate of drug-likeness (QED) is 0.941. The Morgan fingerprint density at radius 1 is 1.41 bits per heavy atom. The molecule has 1 spiro atoms. The Hall–Kier alpha value is -1.43. The minimum atomic E-state index is 0.0527. The predicted molar refractivity (Wildman–Crippen MR) is 89.2 cm³/mol. The van der Waals surface area contributed by atoms with E-state index in [4.69, 9.17) is 4.74 Å². The molecule has 1 N–H and O–H groups in total. The summed E-state index contributed by atoms with van der Waals surface area (Å²) in [6, 6.07) is 8.77. The Kier molecular flexibility index (Phi) is 3.86. The van der Waals surface area contributed by atoms with E-state index in [1.54, 1.807) is 6.20 Å². The van der Waals surface area contributed by atoms with Crippen molar-refractivity contribution in [2.45, 2.75) is 31.0 Å². The van der Waals surface area contributed by atoms with Gasteiger partial charge in [-0.05, 0) is 30.0 Å². The van der Waals surface area contributed by atoms with Crippen molar-refractivity contribution < 1.29 is 4.74 Å². The Labute approximate surface area is 135 Å². The van der Waals surface area contributed by atoms with Crippen LogP contribution in [0, 0.1) is 0 Å². The van der Waals surface area contributed by atoms with Gasteiger partial charge in [-0.1, -0.05) is 6.07 Å². The van der Waals surface area contributed by atoms with E-state index in [1.807, 2.05) is 23.6 Å². The normalized spacial score (nSPS) is 28.5. The zero-order valence-electron chi connectivity index (χ0n) is 12.6. The predicted octanol–water partition coefficient (Wildman–Crippen LogP) is 2.99. The number of hydrogen-bond donors (Lipinski definition) is 1. The van der Waals surface area contributed by atoms with Crippen LogP contribution in [0.25, 0.3) is 0 Å². The first-order valence-electron chi connectivity index (χ1n) is 7.87. The minimum absolute atomic E-state index is 0.0527. The fourth-order valence-electron chi connectivity index (χ4n) is 3.59. The zero-order chi connectivity index (χ0) is 14.8. The van der Waals surface area contributed by atoms with Gasteiger partial charge in [0.2, 0.25) is 0 Å². The van der Waals surface area contributed by atoms with Crippen LogP contribution in [0.4, 0.5) is 5.69 Å². The number of ether oxygens (including phenoxy) is 1. The van der Waals surface area contributed by atoms with Crippen LogP contribution in [0.15, 0.2) is 42.0 Å². The molecule has 2 aliphatic heterocycles. The smallest absolute Gasteiger partial charge is 0.0842 e. The molecule has 4 heterocycles. The highest BCUT2D eigenvalue weighted by atomic mass is 32.1. The number of nitrogens with zero attached hydrogens (tertiary/aromatic N) is 2. The van der Waals surface area contributed by atoms with Crippen LogP contribution < -0.4 is 5.32 Å². The summed E-state index contributed by atoms with van der Waals surface area (Å²) in [6.45, 7) is 4.04. The largest absolute Gasteiger partial charge is 0.379 e. The number of hydrogen-bond acceptors (Lipinski definition) is 5. The van der Waals surface area contributed by atoms with Crippen molar-refractivity contribution in [1.82, 2.24) is 9.88 Å². The fourth-order valence-corrected chi connectivity index (χ4v) is 4.34. The van der Waals surface area contributed by atoms with Crippen molar-refractivity contribution in [1.29, 1.82) is 0 Å². The molecule has 0 aromatic carbocycles. The van der Waals surface area contributed by atoms with Crippen molar-refractivity contribution in [3.8, 4) is 0 Å². The number of likely N-dealkylation sites (tertiary alicyclic amines) is 1. The molecule has 0 amide bonds. The van der Waals surface area contributed by atoms with E-state index < -0.39 is 0 Å². The highest BCUT2D eigenvalue weighted by molar-refractivity contribution is 7.09. The molecule has 0 saturated carbocycles. The molecule has 0 unspecified atom stereocenters. The molecule has 2 aromatic rings. The number of nitrogens with one attached hydrogen (secondary N) is 1.